The molecule has 2 rings (SSSR count). The summed E-state index contributed by atoms with van der Waals surface area (Å²) in [5.74, 6) is -1.51. The summed E-state index contributed by atoms with van der Waals surface area (Å²) in [6.45, 7) is 0.0358. The number of benzene rings is 2. The lowest BCUT2D eigenvalue weighted by atomic mass is 10.2. The van der Waals surface area contributed by atoms with E-state index in [1.807, 2.05) is 0 Å². The van der Waals surface area contributed by atoms with E-state index in [1.54, 1.807) is 0 Å². The summed E-state index contributed by atoms with van der Waals surface area (Å²) in [5.41, 5.74) is 6.30. The maximum Gasteiger partial charge on any atom is 0.573 e. The third-order valence-corrected chi connectivity index (χ3v) is 3.06. The molecule has 10 heteroatoms. The second-order valence-corrected chi connectivity index (χ2v) is 4.98. The predicted octanol–water partition coefficient (Wildman–Crippen LogP) is 4.09. The maximum absolute atomic E-state index is 13.4. The van der Waals surface area contributed by atoms with Crippen LogP contribution in [0.15, 0.2) is 47.5 Å². The third-order valence-electron chi connectivity index (χ3n) is 3.06. The molecule has 0 saturated heterocycles. The zero-order valence-corrected chi connectivity index (χ0v) is 15.5. The molecule has 0 fully saturated rings. The molecule has 2 aromatic carbocycles. The minimum atomic E-state index is -4.75. The number of halogens is 6. The first-order valence-electron chi connectivity index (χ1n) is 7.05. The van der Waals surface area contributed by atoms with Crippen LogP contribution in [-0.4, -0.2) is 12.3 Å². The van der Waals surface area contributed by atoms with E-state index < -0.39 is 18.0 Å². The average Bonchev–Trinajstić information content (AvgIpc) is 2.53. The largest absolute Gasteiger partial charge is 0.573 e. The lowest BCUT2D eigenvalue weighted by Crippen LogP contribution is -2.31. The fourth-order valence-electron chi connectivity index (χ4n) is 1.89. The molecule has 0 aliphatic heterocycles. The summed E-state index contributed by atoms with van der Waals surface area (Å²) in [7, 11) is 0. The van der Waals surface area contributed by atoms with Gasteiger partial charge in [0, 0.05) is 12.1 Å². The van der Waals surface area contributed by atoms with Crippen LogP contribution in [0.1, 0.15) is 11.1 Å². The molecule has 0 amide bonds. The molecule has 142 valence electrons. The summed E-state index contributed by atoms with van der Waals surface area (Å²) >= 11 is 0. The van der Waals surface area contributed by atoms with Gasteiger partial charge in [-0.05, 0) is 35.9 Å². The Morgan fingerprint density at radius 1 is 1.08 bits per heavy atom. The van der Waals surface area contributed by atoms with E-state index >= 15 is 0 Å². The van der Waals surface area contributed by atoms with E-state index in [1.165, 1.54) is 12.1 Å². The summed E-state index contributed by atoms with van der Waals surface area (Å²) in [5, 5.41) is 2.63. The van der Waals surface area contributed by atoms with Gasteiger partial charge in [0.2, 0.25) is 0 Å². The van der Waals surface area contributed by atoms with Crippen molar-refractivity contribution in [2.24, 2.45) is 10.7 Å². The van der Waals surface area contributed by atoms with Crippen molar-refractivity contribution in [2.45, 2.75) is 19.5 Å². The number of nitrogens with zero attached hydrogens (tertiary/aromatic N) is 1. The van der Waals surface area contributed by atoms with Crippen molar-refractivity contribution in [3.8, 4) is 5.75 Å². The molecule has 2 aromatic rings. The fraction of sp³-hybridized carbons (Fsp3) is 0.188. The summed E-state index contributed by atoms with van der Waals surface area (Å²) in [6, 6.07) is 8.17. The first kappa shape index (κ1) is 21.9. The Morgan fingerprint density at radius 3 is 2.35 bits per heavy atom. The van der Waals surface area contributed by atoms with Crippen molar-refractivity contribution >= 4 is 29.9 Å². The van der Waals surface area contributed by atoms with Gasteiger partial charge in [-0.3, -0.25) is 0 Å². The molecule has 0 unspecified atom stereocenters. The van der Waals surface area contributed by atoms with Crippen LogP contribution in [-0.2, 0) is 13.1 Å². The number of nitrogens with two attached hydrogens (primary N) is 1. The van der Waals surface area contributed by atoms with Gasteiger partial charge in [0.05, 0.1) is 6.54 Å². The first-order chi connectivity index (χ1) is 11.7. The molecule has 0 saturated carbocycles. The zero-order chi connectivity index (χ0) is 18.4. The lowest BCUT2D eigenvalue weighted by molar-refractivity contribution is -0.274. The van der Waals surface area contributed by atoms with E-state index in [0.717, 1.165) is 30.3 Å². The monoisotopic (exact) mass is 487 g/mol. The molecule has 0 aliphatic carbocycles. The topological polar surface area (TPSA) is 59.6 Å². The third kappa shape index (κ3) is 7.42. The maximum atomic E-state index is 13.4. The van der Waals surface area contributed by atoms with E-state index in [4.69, 9.17) is 5.73 Å². The Hall–Kier alpha value is -2.11. The standard InChI is InChI=1S/C16H14F5N3O.HI/c17-12-3-6-14(18)11(7-12)9-24-15(22)23-8-10-1-4-13(5-2-10)25-16(19,20)21;/h1-7H,8-9H2,(H3,22,23,24);1H. The van der Waals surface area contributed by atoms with Crippen LogP contribution in [0.25, 0.3) is 0 Å². The van der Waals surface area contributed by atoms with Gasteiger partial charge in [-0.25, -0.2) is 13.8 Å². The Morgan fingerprint density at radius 2 is 1.73 bits per heavy atom. The lowest BCUT2D eigenvalue weighted by Gasteiger charge is -2.09. The molecule has 0 aliphatic rings. The number of guanidine groups is 1. The van der Waals surface area contributed by atoms with Crippen molar-refractivity contribution in [1.29, 1.82) is 0 Å². The van der Waals surface area contributed by atoms with Crippen LogP contribution in [0.2, 0.25) is 0 Å². The number of hydrogen-bond donors (Lipinski definition) is 2. The highest BCUT2D eigenvalue weighted by atomic mass is 127. The molecule has 0 atom stereocenters. The van der Waals surface area contributed by atoms with Crippen LogP contribution in [0.4, 0.5) is 22.0 Å². The van der Waals surface area contributed by atoms with E-state index in [2.05, 4.69) is 15.0 Å². The van der Waals surface area contributed by atoms with Crippen molar-refractivity contribution < 1.29 is 26.7 Å². The van der Waals surface area contributed by atoms with Crippen molar-refractivity contribution in [3.63, 3.8) is 0 Å². The smallest absolute Gasteiger partial charge is 0.406 e. The van der Waals surface area contributed by atoms with Gasteiger partial charge in [-0.15, -0.1) is 37.1 Å². The SMILES string of the molecule is I.NC(=NCc1ccc(OC(F)(F)F)cc1)NCc1cc(F)ccc1F. The first-order valence-corrected chi connectivity index (χ1v) is 7.05. The van der Waals surface area contributed by atoms with Gasteiger partial charge >= 0.3 is 6.36 Å². The van der Waals surface area contributed by atoms with Gasteiger partial charge in [0.25, 0.3) is 0 Å². The normalized spacial score (nSPS) is 11.7. The highest BCUT2D eigenvalue weighted by molar-refractivity contribution is 14.0. The van der Waals surface area contributed by atoms with Crippen LogP contribution < -0.4 is 15.8 Å². The Kier molecular flexibility index (Phi) is 8.06. The molecule has 0 spiro atoms. The molecular formula is C16H15F5IN3O. The quantitative estimate of drug-likeness (QED) is 0.289. The number of hydrogen-bond acceptors (Lipinski definition) is 2. The number of rotatable bonds is 5. The fourth-order valence-corrected chi connectivity index (χ4v) is 1.89. The molecule has 0 heterocycles. The molecule has 0 aromatic heterocycles. The highest BCUT2D eigenvalue weighted by Crippen LogP contribution is 2.22. The van der Waals surface area contributed by atoms with E-state index in [9.17, 15) is 22.0 Å². The van der Waals surface area contributed by atoms with Gasteiger partial charge in [-0.1, -0.05) is 12.1 Å². The van der Waals surface area contributed by atoms with Crippen molar-refractivity contribution in [1.82, 2.24) is 5.32 Å². The summed E-state index contributed by atoms with van der Waals surface area (Å²) in [4.78, 5) is 3.97. The van der Waals surface area contributed by atoms with E-state index in [0.29, 0.717) is 5.56 Å². The predicted molar refractivity (Wildman–Crippen MR) is 97.1 cm³/mol. The average molecular weight is 487 g/mol. The van der Waals surface area contributed by atoms with Gasteiger partial charge < -0.3 is 15.8 Å². The molecule has 3 N–H and O–H groups in total. The van der Waals surface area contributed by atoms with Crippen LogP contribution in [0.5, 0.6) is 5.75 Å². The van der Waals surface area contributed by atoms with Crippen LogP contribution in [0, 0.1) is 11.6 Å². The van der Waals surface area contributed by atoms with Gasteiger partial charge in [0.15, 0.2) is 5.96 Å². The van der Waals surface area contributed by atoms with Crippen LogP contribution >= 0.6 is 24.0 Å². The summed E-state index contributed by atoms with van der Waals surface area (Å²) < 4.78 is 66.4. The van der Waals surface area contributed by atoms with E-state index in [-0.39, 0.29) is 54.3 Å². The second-order valence-electron chi connectivity index (χ2n) is 4.98. The Labute approximate surface area is 163 Å². The molecule has 26 heavy (non-hydrogen) atoms. The Balaban J connectivity index is 0.00000338. The zero-order valence-electron chi connectivity index (χ0n) is 13.2. The molecule has 0 bridgehead atoms. The number of nitrogens with one attached hydrogen (secondary N) is 1. The molecule has 0 radical (unpaired) electrons. The number of aliphatic imine (C=N–C) groups is 1. The van der Waals surface area contributed by atoms with Crippen molar-refractivity contribution in [2.75, 3.05) is 0 Å². The minimum Gasteiger partial charge on any atom is -0.406 e. The van der Waals surface area contributed by atoms with Crippen LogP contribution in [0.3, 0.4) is 0 Å². The van der Waals surface area contributed by atoms with Crippen molar-refractivity contribution in [3.05, 3.63) is 65.2 Å². The second kappa shape index (κ2) is 9.55. The highest BCUT2D eigenvalue weighted by Gasteiger charge is 2.30. The number of ether oxygens (including phenoxy) is 1. The molecular weight excluding hydrogens is 472 g/mol. The minimum absolute atomic E-state index is 0. The Bertz CT molecular complexity index is 751. The molecule has 4 nitrogen and oxygen atoms in total. The van der Waals surface area contributed by atoms with Gasteiger partial charge in [0.1, 0.15) is 17.4 Å². The number of alkyl halides is 3. The summed E-state index contributed by atoms with van der Waals surface area (Å²) in [6.07, 6.45) is -4.75. The van der Waals surface area contributed by atoms with Gasteiger partial charge in [-0.2, -0.15) is 0 Å².